The summed E-state index contributed by atoms with van der Waals surface area (Å²) in [4.78, 5) is 0. The fraction of sp³-hybridized carbons (Fsp3) is 0.250. The van der Waals surface area contributed by atoms with Crippen molar-refractivity contribution in [3.05, 3.63) is 17.8 Å². The largest absolute Gasteiger partial charge is 0.494 e. The summed E-state index contributed by atoms with van der Waals surface area (Å²) in [7, 11) is 3.31. The molecule has 0 saturated heterocycles. The molecule has 0 fully saturated rings. The summed E-state index contributed by atoms with van der Waals surface area (Å²) in [5, 5.41) is 17.4. The van der Waals surface area contributed by atoms with Crippen LogP contribution in [0.4, 0.5) is 5.69 Å². The number of nitrogens with zero attached hydrogens (tertiary/aromatic N) is 1. The molecule has 1 heterocycles. The van der Waals surface area contributed by atoms with Crippen molar-refractivity contribution in [2.75, 3.05) is 19.5 Å². The monoisotopic (exact) mass is 182 g/mol. The van der Waals surface area contributed by atoms with E-state index in [4.69, 9.17) is 15.6 Å². The Balaban J connectivity index is 0.00000169. The highest BCUT2D eigenvalue weighted by Gasteiger charge is 2.01. The number of hydrogen-bond donors (Lipinski definition) is 3. The van der Waals surface area contributed by atoms with Gasteiger partial charge in [-0.2, -0.15) is 0 Å². The average molecular weight is 182 g/mol. The fourth-order valence-corrected chi connectivity index (χ4v) is 1.01. The average Bonchev–Trinajstić information content (AvgIpc) is 2.17. The summed E-state index contributed by atoms with van der Waals surface area (Å²) >= 11 is 0. The summed E-state index contributed by atoms with van der Waals surface area (Å²) in [6.45, 7) is 0. The Hall–Kier alpha value is -1.78. The van der Waals surface area contributed by atoms with Crippen molar-refractivity contribution in [1.82, 2.24) is 4.57 Å². The van der Waals surface area contributed by atoms with Gasteiger partial charge in [0.1, 0.15) is 11.2 Å². The third-order valence-electron chi connectivity index (χ3n) is 1.71. The van der Waals surface area contributed by atoms with Gasteiger partial charge in [0.05, 0.1) is 19.1 Å². The lowest BCUT2D eigenvalue weighted by Crippen LogP contribution is -2.19. The number of anilines is 1. The Bertz CT molecular complexity index is 374. The molecule has 0 spiro atoms. The van der Waals surface area contributed by atoms with E-state index in [0.29, 0.717) is 5.75 Å². The first-order valence-electron chi connectivity index (χ1n) is 3.76. The van der Waals surface area contributed by atoms with E-state index < -0.39 is 0 Å². The minimum atomic E-state index is 0. The number of nitrogens with one attached hydrogen (secondary N) is 3. The molecule has 5 heteroatoms. The molecule has 0 radical (unpaired) electrons. The Morgan fingerprint density at radius 3 is 2.85 bits per heavy atom. The predicted molar refractivity (Wildman–Crippen MR) is 52.7 cm³/mol. The third-order valence-corrected chi connectivity index (χ3v) is 1.71. The van der Waals surface area contributed by atoms with Crippen LogP contribution in [-0.2, 0) is 0 Å². The van der Waals surface area contributed by atoms with Gasteiger partial charge in [0.15, 0.2) is 0 Å². The maximum atomic E-state index is 7.49. The van der Waals surface area contributed by atoms with Gasteiger partial charge in [-0.25, -0.2) is 0 Å². The van der Waals surface area contributed by atoms with E-state index in [9.17, 15) is 0 Å². The molecule has 0 aliphatic carbocycles. The van der Waals surface area contributed by atoms with Gasteiger partial charge in [0.2, 0.25) is 0 Å². The van der Waals surface area contributed by atoms with Crippen molar-refractivity contribution in [3.8, 4) is 5.75 Å². The minimum absolute atomic E-state index is 0. The van der Waals surface area contributed by atoms with E-state index in [-0.39, 0.29) is 6.91 Å². The van der Waals surface area contributed by atoms with Gasteiger partial charge in [-0.15, -0.1) is 0 Å². The van der Waals surface area contributed by atoms with Crippen LogP contribution in [-0.4, -0.2) is 25.1 Å². The minimum Gasteiger partial charge on any atom is -0.494 e. The second kappa shape index (κ2) is 3.75. The molecule has 0 aliphatic rings. The van der Waals surface area contributed by atoms with E-state index >= 15 is 0 Å². The van der Waals surface area contributed by atoms with E-state index in [1.165, 1.54) is 4.57 Å². The van der Waals surface area contributed by atoms with Gasteiger partial charge in [0.25, 0.3) is 0 Å². The van der Waals surface area contributed by atoms with Crippen molar-refractivity contribution in [2.45, 2.75) is 0 Å². The van der Waals surface area contributed by atoms with Crippen LogP contribution in [0, 0.1) is 10.8 Å². The molecule has 1 aromatic heterocycles. The highest BCUT2D eigenvalue weighted by molar-refractivity contribution is 5.61. The molecule has 1 rings (SSSR count). The van der Waals surface area contributed by atoms with Gasteiger partial charge in [-0.05, 0) is 0 Å². The third kappa shape index (κ3) is 1.69. The van der Waals surface area contributed by atoms with Crippen molar-refractivity contribution < 1.29 is 6.16 Å². The van der Waals surface area contributed by atoms with Crippen LogP contribution in [0.2, 0.25) is 0 Å². The quantitative estimate of drug-likeness (QED) is 0.476. The van der Waals surface area contributed by atoms with Crippen LogP contribution in [0.25, 0.3) is 0 Å². The zero-order valence-corrected chi connectivity index (χ0v) is 7.59. The van der Waals surface area contributed by atoms with Crippen LogP contribution >= 0.6 is 0 Å². The Kier molecular flexibility index (Phi) is 2.69. The fourth-order valence-electron chi connectivity index (χ4n) is 1.01. The number of methoxy groups -OCH3 is 1. The highest BCUT2D eigenvalue weighted by Crippen LogP contribution is 2.19. The van der Waals surface area contributed by atoms with E-state index in [0.717, 1.165) is 12.0 Å². The van der Waals surface area contributed by atoms with Gasteiger partial charge >= 0.3 is 0 Å². The summed E-state index contributed by atoms with van der Waals surface area (Å²) < 4.78 is 6.43. The van der Waals surface area contributed by atoms with Crippen LogP contribution in [0.3, 0.4) is 0 Å². The van der Waals surface area contributed by atoms with Crippen LogP contribution in [0.5, 0.6) is 5.75 Å². The lowest BCUT2D eigenvalue weighted by Gasteiger charge is -2.09. The van der Waals surface area contributed by atoms with E-state index in [2.05, 4.69) is 5.32 Å². The molecule has 0 bridgehead atoms. The number of rotatable bonds is 3. The molecule has 0 atom stereocenters. The first-order valence-corrected chi connectivity index (χ1v) is 3.76. The molecule has 0 amide bonds. The zero-order chi connectivity index (χ0) is 9.84. The van der Waals surface area contributed by atoms with Crippen LogP contribution in [0.1, 0.15) is 1.43 Å². The van der Waals surface area contributed by atoms with E-state index in [1.54, 1.807) is 26.4 Å². The molecule has 13 heavy (non-hydrogen) atoms. The first kappa shape index (κ1) is 9.31. The Morgan fingerprint density at radius 2 is 2.38 bits per heavy atom. The van der Waals surface area contributed by atoms with Gasteiger partial charge in [-0.3, -0.25) is 15.4 Å². The lowest BCUT2D eigenvalue weighted by atomic mass is 10.3. The number of aromatic nitrogens is 1. The van der Waals surface area contributed by atoms with Gasteiger partial charge < -0.3 is 10.1 Å². The molecule has 0 aliphatic heterocycles. The molecule has 1 aromatic rings. The lowest BCUT2D eigenvalue weighted by molar-refractivity contribution is 0.415. The van der Waals surface area contributed by atoms with Crippen molar-refractivity contribution in [1.29, 1.82) is 10.8 Å². The van der Waals surface area contributed by atoms with Crippen molar-refractivity contribution in [3.63, 3.8) is 0 Å². The Morgan fingerprint density at radius 1 is 1.69 bits per heavy atom. The smallest absolute Gasteiger partial charge is 0.147 e. The molecule has 0 unspecified atom stereocenters. The topological polar surface area (TPSA) is 73.9 Å². The molecule has 3 N–H and O–H groups in total. The number of hydrogen-bond acceptors (Lipinski definition) is 4. The molecular formula is C8H14N4O. The maximum Gasteiger partial charge on any atom is 0.147 e. The van der Waals surface area contributed by atoms with Crippen LogP contribution in [0.15, 0.2) is 12.3 Å². The van der Waals surface area contributed by atoms with Crippen molar-refractivity contribution in [2.24, 2.45) is 0 Å². The predicted octanol–water partition coefficient (Wildman–Crippen LogP) is 0.719. The second-order valence-electron chi connectivity index (χ2n) is 2.43. The molecule has 5 nitrogen and oxygen atoms in total. The normalized spacial score (nSPS) is 9.38. The standard InChI is InChI=1S/C8H12N4O.H2/c1-11-6-4-12(5-9)8(10)3-7(6)13-2;/h3-5,9-11H,1-2H3;1H. The molecular weight excluding hydrogens is 168 g/mol. The first-order chi connectivity index (χ1) is 6.22. The molecule has 0 aromatic carbocycles. The van der Waals surface area contributed by atoms with E-state index in [1.807, 2.05) is 0 Å². The highest BCUT2D eigenvalue weighted by atomic mass is 16.5. The molecule has 72 valence electrons. The van der Waals surface area contributed by atoms with Gasteiger partial charge in [0, 0.05) is 20.7 Å². The summed E-state index contributed by atoms with van der Waals surface area (Å²) in [6.07, 6.45) is 2.71. The second-order valence-corrected chi connectivity index (χ2v) is 2.43. The SMILES string of the molecule is CNc1cn(C=N)c(=N)cc1OC.[HH]. The van der Waals surface area contributed by atoms with Gasteiger partial charge in [-0.1, -0.05) is 0 Å². The Labute approximate surface area is 77.5 Å². The number of ether oxygens (including phenoxy) is 1. The maximum absolute atomic E-state index is 7.49. The summed E-state index contributed by atoms with van der Waals surface area (Å²) in [5.41, 5.74) is 0.966. The summed E-state index contributed by atoms with van der Waals surface area (Å²) in [6, 6.07) is 1.55. The number of pyridine rings is 1. The van der Waals surface area contributed by atoms with Crippen molar-refractivity contribution >= 4 is 12.0 Å². The van der Waals surface area contributed by atoms with Crippen LogP contribution < -0.4 is 15.5 Å². The molecule has 0 saturated carbocycles. The zero-order valence-electron chi connectivity index (χ0n) is 7.59. The summed E-state index contributed by atoms with van der Waals surface area (Å²) in [5.74, 6) is 0.602.